The minimum atomic E-state index is -0.0642. The Labute approximate surface area is 116 Å². The molecule has 0 aliphatic heterocycles. The molecule has 1 atom stereocenters. The second-order valence-corrected chi connectivity index (χ2v) is 5.66. The van der Waals surface area contributed by atoms with Crippen LogP contribution in [0, 0.1) is 5.92 Å². The van der Waals surface area contributed by atoms with Gasteiger partial charge in [-0.1, -0.05) is 26.0 Å². The zero-order valence-corrected chi connectivity index (χ0v) is 12.3. The molecule has 0 aromatic heterocycles. The second-order valence-electron chi connectivity index (χ2n) is 5.66. The Kier molecular flexibility index (Phi) is 6.12. The third-order valence-electron chi connectivity index (χ3n) is 3.27. The summed E-state index contributed by atoms with van der Waals surface area (Å²) in [5.74, 6) is 0.564. The molecule has 4 nitrogen and oxygen atoms in total. The number of rotatable bonds is 7. The van der Waals surface area contributed by atoms with E-state index in [0.717, 1.165) is 18.5 Å². The van der Waals surface area contributed by atoms with Crippen molar-refractivity contribution >= 4 is 0 Å². The third kappa shape index (κ3) is 5.09. The minimum Gasteiger partial charge on any atom is -0.504 e. The molecule has 1 unspecified atom stereocenters. The third-order valence-corrected chi connectivity index (χ3v) is 3.27. The van der Waals surface area contributed by atoms with E-state index in [1.54, 1.807) is 6.07 Å². The fourth-order valence-corrected chi connectivity index (χ4v) is 2.11. The molecule has 1 aromatic carbocycles. The number of para-hydroxylation sites is 1. The van der Waals surface area contributed by atoms with E-state index in [0.29, 0.717) is 18.5 Å². The van der Waals surface area contributed by atoms with E-state index in [4.69, 9.17) is 0 Å². The highest BCUT2D eigenvalue weighted by atomic mass is 16.3. The van der Waals surface area contributed by atoms with Gasteiger partial charge in [0.1, 0.15) is 0 Å². The summed E-state index contributed by atoms with van der Waals surface area (Å²) in [5, 5.41) is 22.5. The number of hydrogen-bond acceptors (Lipinski definition) is 4. The van der Waals surface area contributed by atoms with Crippen molar-refractivity contribution in [3.8, 4) is 11.5 Å². The number of benzene rings is 1. The van der Waals surface area contributed by atoms with Crippen molar-refractivity contribution in [3.05, 3.63) is 23.8 Å². The van der Waals surface area contributed by atoms with Gasteiger partial charge in [-0.05, 0) is 32.5 Å². The van der Waals surface area contributed by atoms with E-state index in [1.807, 2.05) is 6.07 Å². The van der Waals surface area contributed by atoms with Gasteiger partial charge in [-0.3, -0.25) is 0 Å². The van der Waals surface area contributed by atoms with Crippen molar-refractivity contribution in [1.29, 1.82) is 0 Å². The highest BCUT2D eigenvalue weighted by Gasteiger charge is 2.13. The SMILES string of the molecule is CC(C)CC(CNCc1cccc(O)c1O)N(C)C. The maximum Gasteiger partial charge on any atom is 0.161 e. The van der Waals surface area contributed by atoms with Crippen LogP contribution in [0.2, 0.25) is 0 Å². The van der Waals surface area contributed by atoms with Crippen LogP contribution in [0.5, 0.6) is 11.5 Å². The van der Waals surface area contributed by atoms with Crippen LogP contribution in [0.15, 0.2) is 18.2 Å². The summed E-state index contributed by atoms with van der Waals surface area (Å²) >= 11 is 0. The molecule has 3 N–H and O–H groups in total. The van der Waals surface area contributed by atoms with Gasteiger partial charge in [-0.2, -0.15) is 0 Å². The molecule has 4 heteroatoms. The van der Waals surface area contributed by atoms with Crippen LogP contribution < -0.4 is 5.32 Å². The average Bonchev–Trinajstić information content (AvgIpc) is 2.32. The van der Waals surface area contributed by atoms with Gasteiger partial charge in [0, 0.05) is 24.7 Å². The summed E-state index contributed by atoms with van der Waals surface area (Å²) in [6, 6.07) is 5.51. The summed E-state index contributed by atoms with van der Waals surface area (Å²) in [7, 11) is 4.17. The first kappa shape index (κ1) is 15.8. The van der Waals surface area contributed by atoms with Crippen LogP contribution in [0.3, 0.4) is 0 Å². The van der Waals surface area contributed by atoms with Crippen LogP contribution in [0.4, 0.5) is 0 Å². The van der Waals surface area contributed by atoms with Gasteiger partial charge >= 0.3 is 0 Å². The Morgan fingerprint density at radius 3 is 2.47 bits per heavy atom. The number of likely N-dealkylation sites (N-methyl/N-ethyl adjacent to an activating group) is 1. The quantitative estimate of drug-likeness (QED) is 0.662. The molecule has 0 aliphatic rings. The number of hydrogen-bond donors (Lipinski definition) is 3. The molecule has 1 aromatic rings. The zero-order valence-electron chi connectivity index (χ0n) is 12.3. The maximum atomic E-state index is 9.72. The van der Waals surface area contributed by atoms with Crippen molar-refractivity contribution in [3.63, 3.8) is 0 Å². The Morgan fingerprint density at radius 1 is 1.21 bits per heavy atom. The largest absolute Gasteiger partial charge is 0.504 e. The van der Waals surface area contributed by atoms with E-state index in [2.05, 4.69) is 38.2 Å². The molecule has 0 radical (unpaired) electrons. The van der Waals surface area contributed by atoms with Crippen molar-refractivity contribution in [2.75, 3.05) is 20.6 Å². The Hall–Kier alpha value is -1.26. The second kappa shape index (κ2) is 7.36. The normalized spacial score (nSPS) is 13.2. The maximum absolute atomic E-state index is 9.72. The van der Waals surface area contributed by atoms with E-state index in [-0.39, 0.29) is 11.5 Å². The molecule has 0 heterocycles. The summed E-state index contributed by atoms with van der Waals surface area (Å²) in [6.45, 7) is 5.86. The lowest BCUT2D eigenvalue weighted by Gasteiger charge is -2.26. The summed E-state index contributed by atoms with van der Waals surface area (Å²) < 4.78 is 0. The van der Waals surface area contributed by atoms with Crippen LogP contribution in [-0.2, 0) is 6.54 Å². The van der Waals surface area contributed by atoms with Gasteiger partial charge in [0.2, 0.25) is 0 Å². The van der Waals surface area contributed by atoms with Crippen LogP contribution in [0.1, 0.15) is 25.8 Å². The monoisotopic (exact) mass is 266 g/mol. The summed E-state index contributed by atoms with van der Waals surface area (Å²) in [4.78, 5) is 2.22. The molecule has 0 bridgehead atoms. The lowest BCUT2D eigenvalue weighted by molar-refractivity contribution is 0.246. The molecule has 0 saturated heterocycles. The topological polar surface area (TPSA) is 55.7 Å². The lowest BCUT2D eigenvalue weighted by atomic mass is 10.0. The molecule has 19 heavy (non-hydrogen) atoms. The van der Waals surface area contributed by atoms with Crippen molar-refractivity contribution in [2.45, 2.75) is 32.9 Å². The molecule has 0 spiro atoms. The first-order valence-electron chi connectivity index (χ1n) is 6.78. The van der Waals surface area contributed by atoms with Gasteiger partial charge < -0.3 is 20.4 Å². The predicted molar refractivity (Wildman–Crippen MR) is 78.4 cm³/mol. The number of phenolic OH excluding ortho intramolecular Hbond substituents is 2. The fourth-order valence-electron chi connectivity index (χ4n) is 2.11. The first-order chi connectivity index (χ1) is 8.91. The average molecular weight is 266 g/mol. The predicted octanol–water partition coefficient (Wildman–Crippen LogP) is 2.16. The number of phenols is 2. The van der Waals surface area contributed by atoms with Crippen LogP contribution >= 0.6 is 0 Å². The minimum absolute atomic E-state index is 0.0275. The molecule has 1 rings (SSSR count). The van der Waals surface area contributed by atoms with Gasteiger partial charge in [0.25, 0.3) is 0 Å². The molecular weight excluding hydrogens is 240 g/mol. The van der Waals surface area contributed by atoms with Crippen molar-refractivity contribution in [2.24, 2.45) is 5.92 Å². The smallest absolute Gasteiger partial charge is 0.161 e. The Balaban J connectivity index is 2.50. The van der Waals surface area contributed by atoms with Gasteiger partial charge in [0.15, 0.2) is 11.5 Å². The zero-order chi connectivity index (χ0) is 14.4. The molecular formula is C15H26N2O2. The highest BCUT2D eigenvalue weighted by molar-refractivity contribution is 5.44. The van der Waals surface area contributed by atoms with Gasteiger partial charge in [0.05, 0.1) is 0 Å². The molecule has 0 fully saturated rings. The Bertz CT molecular complexity index is 392. The summed E-state index contributed by atoms with van der Waals surface area (Å²) in [5.41, 5.74) is 0.724. The summed E-state index contributed by atoms with van der Waals surface area (Å²) in [6.07, 6.45) is 1.13. The highest BCUT2D eigenvalue weighted by Crippen LogP contribution is 2.27. The standard InChI is InChI=1S/C15H26N2O2/c1-11(2)8-13(17(3)4)10-16-9-12-6-5-7-14(18)15(12)19/h5-7,11,13,16,18-19H,8-10H2,1-4H3. The number of aromatic hydroxyl groups is 2. The van der Waals surface area contributed by atoms with E-state index in [1.165, 1.54) is 6.07 Å². The molecule has 0 aliphatic carbocycles. The van der Waals surface area contributed by atoms with E-state index in [9.17, 15) is 10.2 Å². The van der Waals surface area contributed by atoms with Gasteiger partial charge in [-0.25, -0.2) is 0 Å². The van der Waals surface area contributed by atoms with E-state index < -0.39 is 0 Å². The van der Waals surface area contributed by atoms with Crippen molar-refractivity contribution < 1.29 is 10.2 Å². The molecule has 0 amide bonds. The first-order valence-corrected chi connectivity index (χ1v) is 6.78. The fraction of sp³-hybridized carbons (Fsp3) is 0.600. The Morgan fingerprint density at radius 2 is 1.89 bits per heavy atom. The van der Waals surface area contributed by atoms with E-state index >= 15 is 0 Å². The number of nitrogens with zero attached hydrogens (tertiary/aromatic N) is 1. The van der Waals surface area contributed by atoms with Crippen molar-refractivity contribution in [1.82, 2.24) is 10.2 Å². The van der Waals surface area contributed by atoms with Crippen LogP contribution in [0.25, 0.3) is 0 Å². The molecule has 0 saturated carbocycles. The van der Waals surface area contributed by atoms with Gasteiger partial charge in [-0.15, -0.1) is 0 Å². The number of nitrogens with one attached hydrogen (secondary N) is 1. The lowest BCUT2D eigenvalue weighted by Crippen LogP contribution is -2.38. The molecule has 108 valence electrons. The van der Waals surface area contributed by atoms with Crippen LogP contribution in [-0.4, -0.2) is 41.8 Å².